The second kappa shape index (κ2) is 6.20. The van der Waals surface area contributed by atoms with Crippen molar-refractivity contribution in [2.45, 2.75) is 32.6 Å². The standard InChI is InChI=1S/C22H22N2OS/c1-13-2-9-19-20(10-13)26-22(24-19)15-5-7-17(8-6-15)23-21(25)18-12-14-3-4-16(18)11-14/h2,5-10,14,16,18H,3-4,11-12H2,1H3,(H,23,25)/t14-,16+,18-/m0/s1. The molecule has 3 aromatic rings. The molecule has 1 heterocycles. The van der Waals surface area contributed by atoms with Crippen LogP contribution in [-0.4, -0.2) is 10.9 Å². The molecule has 0 spiro atoms. The van der Waals surface area contributed by atoms with Gasteiger partial charge in [-0.05, 0) is 80.0 Å². The Hall–Kier alpha value is -2.20. The molecule has 0 radical (unpaired) electrons. The zero-order valence-electron chi connectivity index (χ0n) is 14.9. The lowest BCUT2D eigenvalue weighted by atomic mass is 9.88. The van der Waals surface area contributed by atoms with E-state index in [0.717, 1.165) is 34.1 Å². The van der Waals surface area contributed by atoms with Crippen LogP contribution in [0, 0.1) is 24.7 Å². The van der Waals surface area contributed by atoms with Crippen molar-refractivity contribution in [1.29, 1.82) is 0 Å². The first-order valence-electron chi connectivity index (χ1n) is 9.44. The molecule has 2 fully saturated rings. The van der Waals surface area contributed by atoms with Crippen molar-refractivity contribution in [2.24, 2.45) is 17.8 Å². The van der Waals surface area contributed by atoms with Gasteiger partial charge in [-0.3, -0.25) is 4.79 Å². The van der Waals surface area contributed by atoms with Crippen LogP contribution in [0.4, 0.5) is 5.69 Å². The summed E-state index contributed by atoms with van der Waals surface area (Å²) in [6.45, 7) is 2.10. The number of hydrogen-bond acceptors (Lipinski definition) is 3. The molecule has 1 amide bonds. The van der Waals surface area contributed by atoms with E-state index in [1.165, 1.54) is 29.5 Å². The smallest absolute Gasteiger partial charge is 0.227 e. The molecule has 26 heavy (non-hydrogen) atoms. The summed E-state index contributed by atoms with van der Waals surface area (Å²) in [4.78, 5) is 17.3. The van der Waals surface area contributed by atoms with Crippen molar-refractivity contribution in [1.82, 2.24) is 4.98 Å². The molecular formula is C22H22N2OS. The van der Waals surface area contributed by atoms with Crippen molar-refractivity contribution < 1.29 is 4.79 Å². The van der Waals surface area contributed by atoms with E-state index in [9.17, 15) is 4.79 Å². The van der Waals surface area contributed by atoms with Crippen LogP contribution >= 0.6 is 11.3 Å². The number of carbonyl (C=O) groups excluding carboxylic acids is 1. The monoisotopic (exact) mass is 362 g/mol. The number of amides is 1. The van der Waals surface area contributed by atoms with Gasteiger partial charge in [0.2, 0.25) is 5.91 Å². The van der Waals surface area contributed by atoms with Crippen LogP contribution in [0.3, 0.4) is 0 Å². The van der Waals surface area contributed by atoms with E-state index >= 15 is 0 Å². The Labute approximate surface area is 157 Å². The number of nitrogens with one attached hydrogen (secondary N) is 1. The number of fused-ring (bicyclic) bond motifs is 3. The molecule has 132 valence electrons. The average Bonchev–Trinajstić information content (AvgIpc) is 3.37. The van der Waals surface area contributed by atoms with Crippen LogP contribution in [0.5, 0.6) is 0 Å². The molecule has 2 aromatic carbocycles. The highest BCUT2D eigenvalue weighted by Gasteiger charge is 2.42. The van der Waals surface area contributed by atoms with E-state index in [-0.39, 0.29) is 11.8 Å². The zero-order valence-corrected chi connectivity index (χ0v) is 15.7. The lowest BCUT2D eigenvalue weighted by Gasteiger charge is -2.20. The van der Waals surface area contributed by atoms with Crippen molar-refractivity contribution in [3.8, 4) is 10.6 Å². The molecule has 4 heteroatoms. The topological polar surface area (TPSA) is 42.0 Å². The maximum Gasteiger partial charge on any atom is 0.227 e. The normalized spacial score (nSPS) is 24.3. The number of anilines is 1. The largest absolute Gasteiger partial charge is 0.326 e. The SMILES string of the molecule is Cc1ccc2nc(-c3ccc(NC(=O)[C@H]4C[C@H]5CC[C@@H]4C5)cc3)sc2c1. The Morgan fingerprint density at radius 3 is 2.69 bits per heavy atom. The molecule has 3 atom stereocenters. The minimum absolute atomic E-state index is 0.209. The first kappa shape index (κ1) is 16.0. The fourth-order valence-electron chi connectivity index (χ4n) is 4.65. The molecule has 0 aliphatic heterocycles. The summed E-state index contributed by atoms with van der Waals surface area (Å²) in [5.41, 5.74) is 4.29. The van der Waals surface area contributed by atoms with Gasteiger partial charge in [-0.2, -0.15) is 0 Å². The summed E-state index contributed by atoms with van der Waals surface area (Å²) < 4.78 is 1.22. The lowest BCUT2D eigenvalue weighted by Crippen LogP contribution is -2.27. The van der Waals surface area contributed by atoms with Crippen LogP contribution in [0.25, 0.3) is 20.8 Å². The summed E-state index contributed by atoms with van der Waals surface area (Å²) in [5.74, 6) is 1.84. The van der Waals surface area contributed by atoms with E-state index in [4.69, 9.17) is 4.98 Å². The maximum absolute atomic E-state index is 12.6. The first-order valence-corrected chi connectivity index (χ1v) is 10.3. The number of carbonyl (C=O) groups is 1. The molecule has 2 saturated carbocycles. The maximum atomic E-state index is 12.6. The molecule has 2 aliphatic carbocycles. The predicted molar refractivity (Wildman–Crippen MR) is 107 cm³/mol. The Balaban J connectivity index is 1.32. The highest BCUT2D eigenvalue weighted by molar-refractivity contribution is 7.21. The number of benzene rings is 2. The minimum atomic E-state index is 0.209. The molecule has 0 unspecified atom stereocenters. The van der Waals surface area contributed by atoms with Gasteiger partial charge in [-0.25, -0.2) is 4.98 Å². The van der Waals surface area contributed by atoms with Crippen LogP contribution in [0.15, 0.2) is 42.5 Å². The third-order valence-electron chi connectivity index (χ3n) is 6.02. The highest BCUT2D eigenvalue weighted by atomic mass is 32.1. The van der Waals surface area contributed by atoms with E-state index in [1.54, 1.807) is 11.3 Å². The summed E-state index contributed by atoms with van der Waals surface area (Å²) in [7, 11) is 0. The predicted octanol–water partition coefficient (Wildman–Crippen LogP) is 5.65. The van der Waals surface area contributed by atoms with Crippen molar-refractivity contribution in [3.63, 3.8) is 0 Å². The Bertz CT molecular complexity index is 975. The first-order chi connectivity index (χ1) is 12.7. The average molecular weight is 362 g/mol. The molecule has 0 saturated heterocycles. The molecule has 2 bridgehead atoms. The van der Waals surface area contributed by atoms with Crippen LogP contribution in [0.1, 0.15) is 31.2 Å². The van der Waals surface area contributed by atoms with E-state index in [2.05, 4.69) is 42.6 Å². The van der Waals surface area contributed by atoms with Gasteiger partial charge >= 0.3 is 0 Å². The molecule has 3 nitrogen and oxygen atoms in total. The van der Waals surface area contributed by atoms with Gasteiger partial charge in [0.05, 0.1) is 10.2 Å². The van der Waals surface area contributed by atoms with Gasteiger partial charge in [0.15, 0.2) is 0 Å². The van der Waals surface area contributed by atoms with Gasteiger partial charge in [-0.15, -0.1) is 11.3 Å². The minimum Gasteiger partial charge on any atom is -0.326 e. The van der Waals surface area contributed by atoms with Gasteiger partial charge in [0, 0.05) is 17.2 Å². The van der Waals surface area contributed by atoms with Gasteiger partial charge in [-0.1, -0.05) is 12.5 Å². The second-order valence-corrected chi connectivity index (χ2v) is 8.87. The third-order valence-corrected chi connectivity index (χ3v) is 7.09. The van der Waals surface area contributed by atoms with E-state index in [1.807, 2.05) is 12.1 Å². The van der Waals surface area contributed by atoms with Crippen LogP contribution < -0.4 is 5.32 Å². The fourth-order valence-corrected chi connectivity index (χ4v) is 5.72. The summed E-state index contributed by atoms with van der Waals surface area (Å²) in [6, 6.07) is 14.5. The second-order valence-electron chi connectivity index (χ2n) is 7.84. The third kappa shape index (κ3) is 2.82. The lowest BCUT2D eigenvalue weighted by molar-refractivity contribution is -0.121. The fraction of sp³-hybridized carbons (Fsp3) is 0.364. The van der Waals surface area contributed by atoms with E-state index in [0.29, 0.717) is 5.92 Å². The van der Waals surface area contributed by atoms with Gasteiger partial charge in [0.1, 0.15) is 5.01 Å². The summed E-state index contributed by atoms with van der Waals surface area (Å²) in [6.07, 6.45) is 4.90. The number of hydrogen-bond donors (Lipinski definition) is 1. The molecule has 1 aromatic heterocycles. The molecule has 2 aliphatic rings. The van der Waals surface area contributed by atoms with Crippen LogP contribution in [-0.2, 0) is 4.79 Å². The molecule has 1 N–H and O–H groups in total. The van der Waals surface area contributed by atoms with Crippen LogP contribution in [0.2, 0.25) is 0 Å². The number of rotatable bonds is 3. The van der Waals surface area contributed by atoms with Gasteiger partial charge < -0.3 is 5.32 Å². The van der Waals surface area contributed by atoms with Crippen molar-refractivity contribution in [2.75, 3.05) is 5.32 Å². The number of thiazole rings is 1. The van der Waals surface area contributed by atoms with E-state index < -0.39 is 0 Å². The number of nitrogens with zero attached hydrogens (tertiary/aromatic N) is 1. The van der Waals surface area contributed by atoms with Crippen molar-refractivity contribution >= 4 is 33.1 Å². The Morgan fingerprint density at radius 1 is 1.12 bits per heavy atom. The molecule has 5 rings (SSSR count). The number of aromatic nitrogens is 1. The number of aryl methyl sites for hydroxylation is 1. The van der Waals surface area contributed by atoms with Crippen molar-refractivity contribution in [3.05, 3.63) is 48.0 Å². The highest BCUT2D eigenvalue weighted by Crippen LogP contribution is 2.48. The Morgan fingerprint density at radius 2 is 1.96 bits per heavy atom. The quantitative estimate of drug-likeness (QED) is 0.654. The Kier molecular flexibility index (Phi) is 3.82. The molecular weight excluding hydrogens is 340 g/mol. The summed E-state index contributed by atoms with van der Waals surface area (Å²) in [5, 5.41) is 4.15. The summed E-state index contributed by atoms with van der Waals surface area (Å²) >= 11 is 1.71. The van der Waals surface area contributed by atoms with Gasteiger partial charge in [0.25, 0.3) is 0 Å². The zero-order chi connectivity index (χ0) is 17.7.